The molecular formula is C20H25N3O5. The molecule has 0 spiro atoms. The minimum atomic E-state index is -0.682. The van der Waals surface area contributed by atoms with Crippen LogP contribution in [0.2, 0.25) is 0 Å². The summed E-state index contributed by atoms with van der Waals surface area (Å²) in [6, 6.07) is 8.91. The van der Waals surface area contributed by atoms with Crippen molar-refractivity contribution in [1.82, 2.24) is 15.5 Å². The molecule has 1 aromatic carbocycles. The van der Waals surface area contributed by atoms with Crippen LogP contribution in [-0.4, -0.2) is 55.0 Å². The number of amides is 4. The van der Waals surface area contributed by atoms with Crippen LogP contribution in [0, 0.1) is 5.92 Å². The maximum Gasteiger partial charge on any atom is 0.321 e. The fourth-order valence-corrected chi connectivity index (χ4v) is 2.79. The highest BCUT2D eigenvalue weighted by Crippen LogP contribution is 2.19. The SMILES string of the molecule is CCNC(=O)NC(=O)COC(=O)C1CCN(C(=O)/C=C/c2ccccc2)CC1. The van der Waals surface area contributed by atoms with Gasteiger partial charge in [-0.2, -0.15) is 0 Å². The lowest BCUT2D eigenvalue weighted by Gasteiger charge is -2.30. The molecule has 1 aliphatic heterocycles. The van der Waals surface area contributed by atoms with Crippen LogP contribution in [0.5, 0.6) is 0 Å². The molecule has 1 aromatic rings. The summed E-state index contributed by atoms with van der Waals surface area (Å²) in [6.45, 7) is 2.50. The van der Waals surface area contributed by atoms with E-state index in [1.165, 1.54) is 6.08 Å². The topological polar surface area (TPSA) is 105 Å². The van der Waals surface area contributed by atoms with Gasteiger partial charge >= 0.3 is 12.0 Å². The van der Waals surface area contributed by atoms with Gasteiger partial charge in [-0.3, -0.25) is 19.7 Å². The number of nitrogens with one attached hydrogen (secondary N) is 2. The number of nitrogens with zero attached hydrogens (tertiary/aromatic N) is 1. The van der Waals surface area contributed by atoms with E-state index in [-0.39, 0.29) is 11.8 Å². The van der Waals surface area contributed by atoms with E-state index in [4.69, 9.17) is 4.74 Å². The number of carbonyl (C=O) groups is 4. The number of likely N-dealkylation sites (tertiary alicyclic amines) is 1. The number of hydrogen-bond acceptors (Lipinski definition) is 5. The average molecular weight is 387 g/mol. The monoisotopic (exact) mass is 387 g/mol. The zero-order valence-electron chi connectivity index (χ0n) is 15.8. The molecule has 1 fully saturated rings. The molecule has 0 radical (unpaired) electrons. The summed E-state index contributed by atoms with van der Waals surface area (Å²) < 4.78 is 4.97. The van der Waals surface area contributed by atoms with Gasteiger partial charge in [-0.1, -0.05) is 30.3 Å². The molecule has 0 unspecified atom stereocenters. The average Bonchev–Trinajstić information content (AvgIpc) is 2.71. The summed E-state index contributed by atoms with van der Waals surface area (Å²) in [5.41, 5.74) is 0.945. The zero-order valence-corrected chi connectivity index (χ0v) is 15.8. The molecule has 8 nitrogen and oxygen atoms in total. The van der Waals surface area contributed by atoms with Gasteiger partial charge in [-0.15, -0.1) is 0 Å². The number of rotatable bonds is 6. The highest BCUT2D eigenvalue weighted by atomic mass is 16.5. The van der Waals surface area contributed by atoms with Crippen LogP contribution in [0.3, 0.4) is 0 Å². The van der Waals surface area contributed by atoms with Gasteiger partial charge in [-0.05, 0) is 31.4 Å². The third kappa shape index (κ3) is 6.86. The van der Waals surface area contributed by atoms with Crippen molar-refractivity contribution in [2.45, 2.75) is 19.8 Å². The van der Waals surface area contributed by atoms with Crippen LogP contribution in [0.25, 0.3) is 6.08 Å². The Morgan fingerprint density at radius 2 is 1.82 bits per heavy atom. The van der Waals surface area contributed by atoms with E-state index in [2.05, 4.69) is 10.6 Å². The van der Waals surface area contributed by atoms with Gasteiger partial charge < -0.3 is 15.0 Å². The van der Waals surface area contributed by atoms with Gasteiger partial charge in [0.2, 0.25) is 5.91 Å². The Balaban J connectivity index is 1.71. The van der Waals surface area contributed by atoms with Crippen LogP contribution in [0.4, 0.5) is 4.79 Å². The van der Waals surface area contributed by atoms with Crippen molar-refractivity contribution >= 4 is 29.9 Å². The van der Waals surface area contributed by atoms with Crippen molar-refractivity contribution in [3.63, 3.8) is 0 Å². The molecule has 0 bridgehead atoms. The predicted molar refractivity (Wildman–Crippen MR) is 103 cm³/mol. The first-order chi connectivity index (χ1) is 13.5. The molecule has 0 atom stereocenters. The summed E-state index contributed by atoms with van der Waals surface area (Å²) >= 11 is 0. The van der Waals surface area contributed by atoms with Crippen molar-refractivity contribution in [2.75, 3.05) is 26.2 Å². The van der Waals surface area contributed by atoms with Crippen LogP contribution < -0.4 is 10.6 Å². The van der Waals surface area contributed by atoms with Crippen molar-refractivity contribution in [2.24, 2.45) is 5.92 Å². The molecule has 0 aliphatic carbocycles. The molecule has 0 saturated carbocycles. The standard InChI is InChI=1S/C20H25N3O5/c1-2-21-20(27)22-17(24)14-28-19(26)16-10-12-23(13-11-16)18(25)9-8-15-6-4-3-5-7-15/h3-9,16H,2,10-14H2,1H3,(H2,21,22,24,27)/b9-8+. The van der Waals surface area contributed by atoms with Gasteiger partial charge in [0.15, 0.2) is 6.61 Å². The van der Waals surface area contributed by atoms with Crippen molar-refractivity contribution in [1.29, 1.82) is 0 Å². The lowest BCUT2D eigenvalue weighted by molar-refractivity contribution is -0.154. The van der Waals surface area contributed by atoms with E-state index in [9.17, 15) is 19.2 Å². The Morgan fingerprint density at radius 1 is 1.14 bits per heavy atom. The largest absolute Gasteiger partial charge is 0.455 e. The van der Waals surface area contributed by atoms with Crippen LogP contribution >= 0.6 is 0 Å². The maximum absolute atomic E-state index is 12.3. The molecule has 0 aromatic heterocycles. The highest BCUT2D eigenvalue weighted by Gasteiger charge is 2.28. The summed E-state index contributed by atoms with van der Waals surface area (Å²) in [6.07, 6.45) is 4.24. The number of benzene rings is 1. The summed E-state index contributed by atoms with van der Waals surface area (Å²) in [5.74, 6) is -1.63. The Labute approximate surface area is 163 Å². The van der Waals surface area contributed by atoms with E-state index >= 15 is 0 Å². The molecule has 1 aliphatic rings. The minimum absolute atomic E-state index is 0.100. The lowest BCUT2D eigenvalue weighted by Crippen LogP contribution is -2.42. The molecule has 2 N–H and O–H groups in total. The van der Waals surface area contributed by atoms with Crippen molar-refractivity contribution < 1.29 is 23.9 Å². The smallest absolute Gasteiger partial charge is 0.321 e. The van der Waals surface area contributed by atoms with Crippen LogP contribution in [-0.2, 0) is 19.1 Å². The molecule has 1 heterocycles. The fraction of sp³-hybridized carbons (Fsp3) is 0.400. The molecular weight excluding hydrogens is 362 g/mol. The summed E-state index contributed by atoms with van der Waals surface area (Å²) in [5, 5.41) is 4.47. The van der Waals surface area contributed by atoms with E-state index in [0.29, 0.717) is 32.5 Å². The van der Waals surface area contributed by atoms with Crippen LogP contribution in [0.1, 0.15) is 25.3 Å². The quantitative estimate of drug-likeness (QED) is 0.566. The number of imide groups is 1. The minimum Gasteiger partial charge on any atom is -0.455 e. The zero-order chi connectivity index (χ0) is 20.4. The van der Waals surface area contributed by atoms with Gasteiger partial charge in [0.25, 0.3) is 5.91 Å². The number of esters is 1. The number of hydrogen-bond donors (Lipinski definition) is 2. The second-order valence-corrected chi connectivity index (χ2v) is 6.36. The van der Waals surface area contributed by atoms with Gasteiger partial charge in [0.1, 0.15) is 0 Å². The summed E-state index contributed by atoms with van der Waals surface area (Å²) in [7, 11) is 0. The lowest BCUT2D eigenvalue weighted by atomic mass is 9.97. The first-order valence-electron chi connectivity index (χ1n) is 9.26. The van der Waals surface area contributed by atoms with E-state index in [0.717, 1.165) is 5.56 Å². The second-order valence-electron chi connectivity index (χ2n) is 6.36. The highest BCUT2D eigenvalue weighted by molar-refractivity contribution is 5.95. The van der Waals surface area contributed by atoms with Crippen molar-refractivity contribution in [3.05, 3.63) is 42.0 Å². The van der Waals surface area contributed by atoms with E-state index in [1.54, 1.807) is 17.9 Å². The molecule has 8 heteroatoms. The third-order valence-corrected chi connectivity index (χ3v) is 4.29. The normalized spacial score (nSPS) is 14.5. The van der Waals surface area contributed by atoms with Crippen LogP contribution in [0.15, 0.2) is 36.4 Å². The van der Waals surface area contributed by atoms with Gasteiger partial charge in [0, 0.05) is 25.7 Å². The third-order valence-electron chi connectivity index (χ3n) is 4.29. The first kappa shape index (κ1) is 21.1. The van der Waals surface area contributed by atoms with E-state index in [1.807, 2.05) is 30.3 Å². The van der Waals surface area contributed by atoms with E-state index < -0.39 is 24.5 Å². The molecule has 150 valence electrons. The predicted octanol–water partition coefficient (Wildman–Crippen LogP) is 1.33. The Morgan fingerprint density at radius 3 is 2.46 bits per heavy atom. The van der Waals surface area contributed by atoms with Crippen molar-refractivity contribution in [3.8, 4) is 0 Å². The maximum atomic E-state index is 12.3. The van der Waals surface area contributed by atoms with Gasteiger partial charge in [0.05, 0.1) is 5.92 Å². The second kappa shape index (κ2) is 10.9. The van der Waals surface area contributed by atoms with Gasteiger partial charge in [-0.25, -0.2) is 4.79 Å². The number of ether oxygens (including phenoxy) is 1. The molecule has 2 rings (SSSR count). The first-order valence-corrected chi connectivity index (χ1v) is 9.26. The molecule has 4 amide bonds. The summed E-state index contributed by atoms with van der Waals surface area (Å²) in [4.78, 5) is 48.8. The number of piperidine rings is 1. The number of carbonyl (C=O) groups excluding carboxylic acids is 4. The molecule has 1 saturated heterocycles. The fourth-order valence-electron chi connectivity index (χ4n) is 2.79. The Kier molecular flexibility index (Phi) is 8.20. The Bertz CT molecular complexity index is 725. The molecule has 28 heavy (non-hydrogen) atoms. The Hall–Kier alpha value is -3.16. The number of urea groups is 1.